The third-order valence-corrected chi connectivity index (χ3v) is 5.23. The first-order valence-electron chi connectivity index (χ1n) is 8.22. The molecule has 1 aromatic heterocycles. The van der Waals surface area contributed by atoms with E-state index in [2.05, 4.69) is 31.1 Å². The second kappa shape index (κ2) is 8.71. The predicted octanol–water partition coefficient (Wildman–Crippen LogP) is 3.07. The van der Waals surface area contributed by atoms with Crippen LogP contribution in [0.5, 0.6) is 0 Å². The Hall–Kier alpha value is -0.650. The molecule has 1 fully saturated rings. The van der Waals surface area contributed by atoms with Crippen LogP contribution in [0.3, 0.4) is 0 Å². The van der Waals surface area contributed by atoms with Gasteiger partial charge in [-0.15, -0.1) is 11.3 Å². The largest absolute Gasteiger partial charge is 0.381 e. The first-order valence-corrected chi connectivity index (χ1v) is 9.04. The third-order valence-electron chi connectivity index (χ3n) is 4.01. The number of rotatable bonds is 8. The SMILES string of the molecule is CCCNCc1sc(N(C)CC2CCOCC2)nc1CC. The van der Waals surface area contributed by atoms with E-state index in [1.807, 2.05) is 11.3 Å². The molecular weight excluding hydrogens is 282 g/mol. The van der Waals surface area contributed by atoms with E-state index in [0.717, 1.165) is 45.2 Å². The lowest BCUT2D eigenvalue weighted by Gasteiger charge is -2.26. The Bertz CT molecular complexity index is 416. The van der Waals surface area contributed by atoms with E-state index < -0.39 is 0 Å². The van der Waals surface area contributed by atoms with Crippen molar-refractivity contribution in [2.75, 3.05) is 38.3 Å². The lowest BCUT2D eigenvalue weighted by molar-refractivity contribution is 0.0685. The second-order valence-electron chi connectivity index (χ2n) is 5.83. The van der Waals surface area contributed by atoms with Crippen LogP contribution in [-0.2, 0) is 17.7 Å². The Balaban J connectivity index is 1.94. The van der Waals surface area contributed by atoms with Crippen molar-refractivity contribution in [3.8, 4) is 0 Å². The molecule has 0 radical (unpaired) electrons. The Morgan fingerprint density at radius 3 is 2.76 bits per heavy atom. The zero-order chi connectivity index (χ0) is 15.1. The molecule has 1 aromatic rings. The maximum atomic E-state index is 5.44. The van der Waals surface area contributed by atoms with Crippen LogP contribution >= 0.6 is 11.3 Å². The highest BCUT2D eigenvalue weighted by Crippen LogP contribution is 2.28. The van der Waals surface area contributed by atoms with Gasteiger partial charge in [0.05, 0.1) is 5.69 Å². The number of nitrogens with zero attached hydrogens (tertiary/aromatic N) is 2. The molecular formula is C16H29N3OS. The highest BCUT2D eigenvalue weighted by Gasteiger charge is 2.18. The van der Waals surface area contributed by atoms with Crippen molar-refractivity contribution >= 4 is 16.5 Å². The molecule has 0 bridgehead atoms. The molecule has 4 nitrogen and oxygen atoms in total. The van der Waals surface area contributed by atoms with Crippen LogP contribution in [0.4, 0.5) is 5.13 Å². The fraction of sp³-hybridized carbons (Fsp3) is 0.812. The van der Waals surface area contributed by atoms with E-state index in [1.54, 1.807) is 0 Å². The summed E-state index contributed by atoms with van der Waals surface area (Å²) in [5.74, 6) is 0.749. The smallest absolute Gasteiger partial charge is 0.185 e. The molecule has 120 valence electrons. The fourth-order valence-electron chi connectivity index (χ4n) is 2.72. The monoisotopic (exact) mass is 311 g/mol. The zero-order valence-electron chi connectivity index (χ0n) is 13.7. The van der Waals surface area contributed by atoms with E-state index in [-0.39, 0.29) is 0 Å². The average molecular weight is 311 g/mol. The van der Waals surface area contributed by atoms with Crippen molar-refractivity contribution in [3.05, 3.63) is 10.6 Å². The number of aryl methyl sites for hydroxylation is 1. The summed E-state index contributed by atoms with van der Waals surface area (Å²) in [5, 5.41) is 4.67. The molecule has 0 aromatic carbocycles. The van der Waals surface area contributed by atoms with Gasteiger partial charge in [0.15, 0.2) is 5.13 Å². The summed E-state index contributed by atoms with van der Waals surface area (Å²) in [6, 6.07) is 0. The highest BCUT2D eigenvalue weighted by molar-refractivity contribution is 7.15. The predicted molar refractivity (Wildman–Crippen MR) is 90.3 cm³/mol. The van der Waals surface area contributed by atoms with E-state index in [1.165, 1.54) is 35.0 Å². The van der Waals surface area contributed by atoms with Crippen molar-refractivity contribution in [1.82, 2.24) is 10.3 Å². The lowest BCUT2D eigenvalue weighted by Crippen LogP contribution is -2.29. The molecule has 2 rings (SSSR count). The number of hydrogen-bond donors (Lipinski definition) is 1. The van der Waals surface area contributed by atoms with Crippen LogP contribution in [0, 0.1) is 5.92 Å². The highest BCUT2D eigenvalue weighted by atomic mass is 32.1. The molecule has 1 N–H and O–H groups in total. The first kappa shape index (κ1) is 16.7. The molecule has 0 spiro atoms. The van der Waals surface area contributed by atoms with E-state index in [0.29, 0.717) is 0 Å². The minimum Gasteiger partial charge on any atom is -0.381 e. The second-order valence-corrected chi connectivity index (χ2v) is 6.89. The normalized spacial score (nSPS) is 16.3. The third kappa shape index (κ3) is 4.94. The van der Waals surface area contributed by atoms with Crippen LogP contribution in [-0.4, -0.2) is 38.3 Å². The molecule has 0 amide bonds. The van der Waals surface area contributed by atoms with Gasteiger partial charge >= 0.3 is 0 Å². The van der Waals surface area contributed by atoms with Crippen LogP contribution in [0.1, 0.15) is 43.7 Å². The Labute approximate surface area is 132 Å². The summed E-state index contributed by atoms with van der Waals surface area (Å²) in [5.41, 5.74) is 1.26. The van der Waals surface area contributed by atoms with Gasteiger partial charge in [0.2, 0.25) is 0 Å². The standard InChI is InChI=1S/C16H29N3OS/c1-4-8-17-11-15-14(5-2)18-16(21-15)19(3)12-13-6-9-20-10-7-13/h13,17H,4-12H2,1-3H3. The maximum Gasteiger partial charge on any atom is 0.185 e. The van der Waals surface area contributed by atoms with Gasteiger partial charge in [-0.3, -0.25) is 0 Å². The molecule has 0 aliphatic carbocycles. The Morgan fingerprint density at radius 2 is 2.10 bits per heavy atom. The van der Waals surface area contributed by atoms with Crippen molar-refractivity contribution in [2.24, 2.45) is 5.92 Å². The van der Waals surface area contributed by atoms with Crippen LogP contribution in [0.2, 0.25) is 0 Å². The first-order chi connectivity index (χ1) is 10.2. The fourth-order valence-corrected chi connectivity index (χ4v) is 3.81. The van der Waals surface area contributed by atoms with E-state index in [4.69, 9.17) is 9.72 Å². The van der Waals surface area contributed by atoms with Crippen LogP contribution in [0.25, 0.3) is 0 Å². The van der Waals surface area contributed by atoms with Crippen LogP contribution in [0.15, 0.2) is 0 Å². The number of anilines is 1. The number of aromatic nitrogens is 1. The summed E-state index contributed by atoms with van der Waals surface area (Å²) in [4.78, 5) is 8.59. The minimum absolute atomic E-state index is 0.749. The summed E-state index contributed by atoms with van der Waals surface area (Å²) >= 11 is 1.85. The average Bonchev–Trinajstić information content (AvgIpc) is 2.92. The molecule has 0 saturated carbocycles. The van der Waals surface area contributed by atoms with Gasteiger partial charge in [0.1, 0.15) is 0 Å². The van der Waals surface area contributed by atoms with Crippen LogP contribution < -0.4 is 10.2 Å². The van der Waals surface area contributed by atoms with Gasteiger partial charge in [0, 0.05) is 38.2 Å². The number of ether oxygens (including phenoxy) is 1. The van der Waals surface area contributed by atoms with Crippen molar-refractivity contribution in [1.29, 1.82) is 0 Å². The molecule has 5 heteroatoms. The summed E-state index contributed by atoms with van der Waals surface area (Å²) in [6.07, 6.45) is 4.56. The van der Waals surface area contributed by atoms with Gasteiger partial charge in [-0.1, -0.05) is 13.8 Å². The molecule has 21 heavy (non-hydrogen) atoms. The molecule has 1 aliphatic heterocycles. The Morgan fingerprint density at radius 1 is 1.33 bits per heavy atom. The topological polar surface area (TPSA) is 37.4 Å². The van der Waals surface area contributed by atoms with Crippen molar-refractivity contribution < 1.29 is 4.74 Å². The molecule has 0 unspecified atom stereocenters. The summed E-state index contributed by atoms with van der Waals surface area (Å²) in [7, 11) is 2.18. The number of thiazole rings is 1. The maximum absolute atomic E-state index is 5.44. The molecule has 1 saturated heterocycles. The van der Waals surface area contributed by atoms with Gasteiger partial charge in [-0.25, -0.2) is 4.98 Å². The van der Waals surface area contributed by atoms with Gasteiger partial charge in [-0.05, 0) is 38.1 Å². The molecule has 0 atom stereocenters. The van der Waals surface area contributed by atoms with E-state index >= 15 is 0 Å². The summed E-state index contributed by atoms with van der Waals surface area (Å²) in [6.45, 7) is 9.37. The van der Waals surface area contributed by atoms with Crippen molar-refractivity contribution in [2.45, 2.75) is 46.1 Å². The molecule has 2 heterocycles. The summed E-state index contributed by atoms with van der Waals surface area (Å²) < 4.78 is 5.44. The Kier molecular flexibility index (Phi) is 6.93. The van der Waals surface area contributed by atoms with Gasteiger partial charge in [0.25, 0.3) is 0 Å². The van der Waals surface area contributed by atoms with E-state index in [9.17, 15) is 0 Å². The zero-order valence-corrected chi connectivity index (χ0v) is 14.5. The molecule has 1 aliphatic rings. The lowest BCUT2D eigenvalue weighted by atomic mass is 10.0. The number of nitrogens with one attached hydrogen (secondary N) is 1. The van der Waals surface area contributed by atoms with Gasteiger partial charge < -0.3 is 15.0 Å². The van der Waals surface area contributed by atoms with Crippen molar-refractivity contribution in [3.63, 3.8) is 0 Å². The van der Waals surface area contributed by atoms with Gasteiger partial charge in [-0.2, -0.15) is 0 Å². The quantitative estimate of drug-likeness (QED) is 0.749. The minimum atomic E-state index is 0.749. The number of hydrogen-bond acceptors (Lipinski definition) is 5.